The molecule has 0 saturated heterocycles. The van der Waals surface area contributed by atoms with Crippen molar-refractivity contribution in [1.29, 1.82) is 0 Å². The van der Waals surface area contributed by atoms with Gasteiger partial charge < -0.3 is 10.1 Å². The molecule has 0 rings (SSSR count). The molecule has 1 amide bonds. The second kappa shape index (κ2) is 9.07. The molecule has 5 nitrogen and oxygen atoms in total. The minimum absolute atomic E-state index is 0.0847. The van der Waals surface area contributed by atoms with E-state index in [1.165, 1.54) is 13.2 Å². The van der Waals surface area contributed by atoms with Gasteiger partial charge in [-0.1, -0.05) is 20.4 Å². The van der Waals surface area contributed by atoms with Crippen LogP contribution in [0.15, 0.2) is 24.5 Å². The molecule has 2 atom stereocenters. The summed E-state index contributed by atoms with van der Waals surface area (Å²) in [5, 5.41) is 2.56. The van der Waals surface area contributed by atoms with Gasteiger partial charge in [-0.15, -0.1) is 0 Å². The number of amides is 1. The molecule has 0 aromatic heterocycles. The van der Waals surface area contributed by atoms with Gasteiger partial charge in [0.15, 0.2) is 5.78 Å². The minimum Gasteiger partial charge on any atom is -0.431 e. The lowest BCUT2D eigenvalue weighted by molar-refractivity contribution is -0.136. The molecular formula is C15H23NO4. The first kappa shape index (κ1) is 18.1. The Balaban J connectivity index is 4.69. The zero-order chi connectivity index (χ0) is 15.7. The van der Waals surface area contributed by atoms with Crippen LogP contribution in [0.5, 0.6) is 0 Å². The van der Waals surface area contributed by atoms with Crippen molar-refractivity contribution in [1.82, 2.24) is 5.32 Å². The second-order valence-corrected chi connectivity index (χ2v) is 4.51. The van der Waals surface area contributed by atoms with Crippen molar-refractivity contribution in [3.05, 3.63) is 24.5 Å². The van der Waals surface area contributed by atoms with Gasteiger partial charge in [-0.25, -0.2) is 4.79 Å². The van der Waals surface area contributed by atoms with Crippen LogP contribution in [0.1, 0.15) is 40.5 Å². The molecule has 0 fully saturated rings. The van der Waals surface area contributed by atoms with Gasteiger partial charge in [0.05, 0.1) is 18.2 Å². The largest absolute Gasteiger partial charge is 0.431 e. The van der Waals surface area contributed by atoms with E-state index in [-0.39, 0.29) is 11.4 Å². The van der Waals surface area contributed by atoms with Gasteiger partial charge in [-0.3, -0.25) is 9.59 Å². The van der Waals surface area contributed by atoms with Gasteiger partial charge in [-0.05, 0) is 32.8 Å². The molecule has 0 aliphatic heterocycles. The predicted molar refractivity (Wildman–Crippen MR) is 76.7 cm³/mol. The summed E-state index contributed by atoms with van der Waals surface area (Å²) in [5.74, 6) is -1.87. The average Bonchev–Trinajstić information content (AvgIpc) is 2.39. The maximum atomic E-state index is 12.0. The molecule has 0 aromatic carbocycles. The van der Waals surface area contributed by atoms with Crippen molar-refractivity contribution in [3.8, 4) is 0 Å². The molecule has 112 valence electrons. The number of ketones is 1. The van der Waals surface area contributed by atoms with Crippen LogP contribution in [0.4, 0.5) is 0 Å². The maximum Gasteiger partial charge on any atom is 0.339 e. The van der Waals surface area contributed by atoms with E-state index in [0.717, 1.165) is 6.42 Å². The molecule has 0 bridgehead atoms. The Morgan fingerprint density at radius 1 is 1.30 bits per heavy atom. The zero-order valence-corrected chi connectivity index (χ0v) is 12.6. The van der Waals surface area contributed by atoms with E-state index in [0.29, 0.717) is 6.42 Å². The molecule has 0 aliphatic carbocycles. The first-order valence-corrected chi connectivity index (χ1v) is 6.70. The summed E-state index contributed by atoms with van der Waals surface area (Å²) in [6, 6.07) is -0.583. The van der Waals surface area contributed by atoms with Crippen LogP contribution in [-0.4, -0.2) is 23.7 Å². The quantitative estimate of drug-likeness (QED) is 0.420. The van der Waals surface area contributed by atoms with Crippen LogP contribution in [0.3, 0.4) is 0 Å². The van der Waals surface area contributed by atoms with E-state index < -0.39 is 23.8 Å². The van der Waals surface area contributed by atoms with E-state index in [4.69, 9.17) is 4.74 Å². The highest BCUT2D eigenvalue weighted by molar-refractivity contribution is 5.98. The number of carbonyl (C=O) groups is 3. The number of Topliss-reactive ketones (excluding diaryl/α,β-unsaturated/α-hetero) is 1. The predicted octanol–water partition coefficient (Wildman–Crippen LogP) is 2.13. The third kappa shape index (κ3) is 5.82. The molecule has 0 spiro atoms. The highest BCUT2D eigenvalue weighted by atomic mass is 16.5. The fraction of sp³-hybridized carbons (Fsp3) is 0.533. The molecule has 1 N–H and O–H groups in total. The minimum atomic E-state index is -0.695. The Morgan fingerprint density at radius 2 is 1.90 bits per heavy atom. The van der Waals surface area contributed by atoms with Crippen molar-refractivity contribution in [2.75, 3.05) is 0 Å². The molecule has 20 heavy (non-hydrogen) atoms. The lowest BCUT2D eigenvalue weighted by Crippen LogP contribution is -2.42. The van der Waals surface area contributed by atoms with Crippen LogP contribution in [0, 0.1) is 5.92 Å². The van der Waals surface area contributed by atoms with E-state index in [2.05, 4.69) is 11.9 Å². The SMILES string of the molecule is C=C(C(=O)OC=CCC)C(CC)C(=O)NC(C)C(C)=O. The summed E-state index contributed by atoms with van der Waals surface area (Å²) in [6.07, 6.45) is 4.12. The van der Waals surface area contributed by atoms with Gasteiger partial charge in [0.25, 0.3) is 0 Å². The summed E-state index contributed by atoms with van der Waals surface area (Å²) in [6.45, 7) is 10.3. The smallest absolute Gasteiger partial charge is 0.339 e. The van der Waals surface area contributed by atoms with Crippen LogP contribution in [0.25, 0.3) is 0 Å². The maximum absolute atomic E-state index is 12.0. The number of rotatable bonds is 8. The topological polar surface area (TPSA) is 72.5 Å². The van der Waals surface area contributed by atoms with Gasteiger partial charge in [-0.2, -0.15) is 0 Å². The lowest BCUT2D eigenvalue weighted by Gasteiger charge is -2.18. The summed E-state index contributed by atoms with van der Waals surface area (Å²) in [5.41, 5.74) is 0.0847. The summed E-state index contributed by atoms with van der Waals surface area (Å²) in [7, 11) is 0. The zero-order valence-electron chi connectivity index (χ0n) is 12.6. The normalized spacial score (nSPS) is 13.6. The molecule has 0 aliphatic rings. The number of hydrogen-bond acceptors (Lipinski definition) is 4. The fourth-order valence-corrected chi connectivity index (χ4v) is 1.43. The van der Waals surface area contributed by atoms with Crippen molar-refractivity contribution in [2.45, 2.75) is 46.6 Å². The fourth-order valence-electron chi connectivity index (χ4n) is 1.43. The van der Waals surface area contributed by atoms with Crippen molar-refractivity contribution >= 4 is 17.7 Å². The molecule has 0 heterocycles. The highest BCUT2D eigenvalue weighted by Gasteiger charge is 2.26. The lowest BCUT2D eigenvalue weighted by atomic mass is 9.96. The Morgan fingerprint density at radius 3 is 2.35 bits per heavy atom. The van der Waals surface area contributed by atoms with Crippen molar-refractivity contribution in [3.63, 3.8) is 0 Å². The van der Waals surface area contributed by atoms with Crippen LogP contribution in [0.2, 0.25) is 0 Å². The van der Waals surface area contributed by atoms with Crippen LogP contribution >= 0.6 is 0 Å². The monoisotopic (exact) mass is 281 g/mol. The van der Waals surface area contributed by atoms with E-state index >= 15 is 0 Å². The average molecular weight is 281 g/mol. The number of esters is 1. The van der Waals surface area contributed by atoms with E-state index in [1.807, 2.05) is 6.92 Å². The number of hydrogen-bond donors (Lipinski definition) is 1. The molecule has 0 saturated carbocycles. The van der Waals surface area contributed by atoms with E-state index in [9.17, 15) is 14.4 Å². The first-order chi connectivity index (χ1) is 9.34. The Bertz CT molecular complexity index is 412. The standard InChI is InChI=1S/C15H23NO4/c1-6-8-9-20-15(19)10(3)13(7-2)14(18)16-11(4)12(5)17/h8-9,11,13H,3,6-7H2,1-2,4-5H3,(H,16,18). The Kier molecular flexibility index (Phi) is 8.20. The molecule has 0 aromatic rings. The molecule has 0 radical (unpaired) electrons. The highest BCUT2D eigenvalue weighted by Crippen LogP contribution is 2.16. The first-order valence-electron chi connectivity index (χ1n) is 6.70. The Hall–Kier alpha value is -1.91. The van der Waals surface area contributed by atoms with Gasteiger partial charge >= 0.3 is 5.97 Å². The van der Waals surface area contributed by atoms with Crippen molar-refractivity contribution in [2.24, 2.45) is 5.92 Å². The summed E-state index contributed by atoms with van der Waals surface area (Å²) in [4.78, 5) is 34.9. The van der Waals surface area contributed by atoms with Gasteiger partial charge in [0, 0.05) is 5.57 Å². The summed E-state index contributed by atoms with van der Waals surface area (Å²) >= 11 is 0. The van der Waals surface area contributed by atoms with Gasteiger partial charge in [0.1, 0.15) is 0 Å². The number of carbonyl (C=O) groups excluding carboxylic acids is 3. The van der Waals surface area contributed by atoms with Crippen molar-refractivity contribution < 1.29 is 19.1 Å². The third-order valence-electron chi connectivity index (χ3n) is 2.88. The second-order valence-electron chi connectivity index (χ2n) is 4.51. The van der Waals surface area contributed by atoms with Crippen LogP contribution < -0.4 is 5.32 Å². The molecular weight excluding hydrogens is 258 g/mol. The van der Waals surface area contributed by atoms with Crippen LogP contribution in [-0.2, 0) is 19.1 Å². The number of ether oxygens (including phenoxy) is 1. The van der Waals surface area contributed by atoms with Gasteiger partial charge in [0.2, 0.25) is 5.91 Å². The Labute approximate surface area is 120 Å². The molecule has 5 heteroatoms. The van der Waals surface area contributed by atoms with E-state index in [1.54, 1.807) is 19.9 Å². The third-order valence-corrected chi connectivity index (χ3v) is 2.88. The molecule has 2 unspecified atom stereocenters. The number of nitrogens with one attached hydrogen (secondary N) is 1. The number of allylic oxidation sites excluding steroid dienone is 1. The summed E-state index contributed by atoms with van der Waals surface area (Å²) < 4.78 is 4.86.